The van der Waals surface area contributed by atoms with Gasteiger partial charge >= 0.3 is 0 Å². The van der Waals surface area contributed by atoms with Crippen LogP contribution < -0.4 is 11.5 Å². The summed E-state index contributed by atoms with van der Waals surface area (Å²) in [4.78, 5) is 0. The van der Waals surface area contributed by atoms with E-state index in [-0.39, 0.29) is 12.1 Å². The van der Waals surface area contributed by atoms with E-state index < -0.39 is 0 Å². The maximum Gasteiger partial charge on any atom is 0.0295 e. The number of nitrogens with two attached hydrogens (primary N) is 2. The van der Waals surface area contributed by atoms with E-state index in [0.29, 0.717) is 0 Å². The first kappa shape index (κ1) is 12.1. The van der Waals surface area contributed by atoms with Gasteiger partial charge in [-0.15, -0.1) is 0 Å². The summed E-state index contributed by atoms with van der Waals surface area (Å²) in [7, 11) is 0. The molecule has 0 aliphatic rings. The van der Waals surface area contributed by atoms with Crippen LogP contribution in [0.1, 0.15) is 31.4 Å². The van der Waals surface area contributed by atoms with Gasteiger partial charge in [0.05, 0.1) is 0 Å². The van der Waals surface area contributed by atoms with Gasteiger partial charge in [0.1, 0.15) is 0 Å². The zero-order chi connectivity index (χ0) is 12.3. The highest BCUT2D eigenvalue weighted by Crippen LogP contribution is 2.21. The van der Waals surface area contributed by atoms with Crippen LogP contribution in [-0.2, 0) is 0 Å². The zero-order valence-electron chi connectivity index (χ0n) is 10.3. The molecule has 0 saturated carbocycles. The minimum Gasteiger partial charge on any atom is -0.328 e. The molecule has 17 heavy (non-hydrogen) atoms. The second kappa shape index (κ2) is 5.30. The smallest absolute Gasteiger partial charge is 0.0295 e. The highest BCUT2D eigenvalue weighted by atomic mass is 14.6. The first-order chi connectivity index (χ1) is 8.16. The molecule has 2 atom stereocenters. The number of hydrogen-bond donors (Lipinski definition) is 2. The van der Waals surface area contributed by atoms with Crippen molar-refractivity contribution in [1.82, 2.24) is 0 Å². The monoisotopic (exact) mass is 228 g/mol. The average molecular weight is 228 g/mol. The Kier molecular flexibility index (Phi) is 3.77. The molecule has 2 aromatic carbocycles. The van der Waals surface area contributed by atoms with Crippen molar-refractivity contribution >= 4 is 10.8 Å². The molecule has 0 aromatic heterocycles. The van der Waals surface area contributed by atoms with Crippen molar-refractivity contribution in [1.29, 1.82) is 0 Å². The van der Waals surface area contributed by atoms with Gasteiger partial charge in [-0.2, -0.15) is 0 Å². The molecule has 0 aliphatic heterocycles. The second-order valence-electron chi connectivity index (χ2n) is 4.77. The van der Waals surface area contributed by atoms with Crippen LogP contribution >= 0.6 is 0 Å². The summed E-state index contributed by atoms with van der Waals surface area (Å²) >= 11 is 0. The predicted octanol–water partition coefficient (Wildman–Crippen LogP) is 2.97. The molecule has 2 rings (SSSR count). The lowest BCUT2D eigenvalue weighted by Crippen LogP contribution is -2.18. The molecule has 0 radical (unpaired) electrons. The van der Waals surface area contributed by atoms with Crippen molar-refractivity contribution in [2.45, 2.75) is 31.8 Å². The van der Waals surface area contributed by atoms with Crippen molar-refractivity contribution in [2.24, 2.45) is 11.5 Å². The normalized spacial score (nSPS) is 14.8. The molecule has 0 saturated heterocycles. The van der Waals surface area contributed by atoms with Gasteiger partial charge in [0, 0.05) is 12.1 Å². The zero-order valence-corrected chi connectivity index (χ0v) is 10.3. The van der Waals surface area contributed by atoms with E-state index in [1.165, 1.54) is 16.3 Å². The fourth-order valence-electron chi connectivity index (χ4n) is 2.05. The summed E-state index contributed by atoms with van der Waals surface area (Å²) in [6.07, 6.45) is 1.91. The SMILES string of the molecule is CC(N)CCC(N)c1ccc2ccccc2c1. The molecule has 2 heteroatoms. The number of fused-ring (bicyclic) bond motifs is 1. The lowest BCUT2D eigenvalue weighted by molar-refractivity contribution is 0.555. The Labute approximate surface area is 103 Å². The minimum atomic E-state index is 0.0885. The van der Waals surface area contributed by atoms with Gasteiger partial charge in [-0.3, -0.25) is 0 Å². The highest BCUT2D eigenvalue weighted by molar-refractivity contribution is 5.83. The second-order valence-corrected chi connectivity index (χ2v) is 4.77. The highest BCUT2D eigenvalue weighted by Gasteiger charge is 2.07. The summed E-state index contributed by atoms with van der Waals surface area (Å²) in [6, 6.07) is 15.1. The van der Waals surface area contributed by atoms with Gasteiger partial charge in [0.2, 0.25) is 0 Å². The third-order valence-corrected chi connectivity index (χ3v) is 3.13. The summed E-state index contributed by atoms with van der Waals surface area (Å²) in [5.41, 5.74) is 13.1. The molecule has 0 spiro atoms. The van der Waals surface area contributed by atoms with Gasteiger partial charge < -0.3 is 11.5 Å². The molecule has 2 unspecified atom stereocenters. The van der Waals surface area contributed by atoms with Crippen molar-refractivity contribution in [3.63, 3.8) is 0 Å². The molecule has 90 valence electrons. The van der Waals surface area contributed by atoms with E-state index in [0.717, 1.165) is 12.8 Å². The molecule has 0 amide bonds. The fraction of sp³-hybridized carbons (Fsp3) is 0.333. The van der Waals surface area contributed by atoms with E-state index in [9.17, 15) is 0 Å². The lowest BCUT2D eigenvalue weighted by Gasteiger charge is -2.14. The summed E-state index contributed by atoms with van der Waals surface area (Å²) < 4.78 is 0. The number of benzene rings is 2. The maximum absolute atomic E-state index is 6.18. The van der Waals surface area contributed by atoms with Crippen LogP contribution in [0.2, 0.25) is 0 Å². The minimum absolute atomic E-state index is 0.0885. The fourth-order valence-corrected chi connectivity index (χ4v) is 2.05. The van der Waals surface area contributed by atoms with E-state index >= 15 is 0 Å². The quantitative estimate of drug-likeness (QED) is 0.845. The van der Waals surface area contributed by atoms with E-state index in [1.807, 2.05) is 6.92 Å². The van der Waals surface area contributed by atoms with Crippen molar-refractivity contribution in [3.8, 4) is 0 Å². The summed E-state index contributed by atoms with van der Waals surface area (Å²) in [5.74, 6) is 0. The van der Waals surface area contributed by atoms with Crippen molar-refractivity contribution < 1.29 is 0 Å². The van der Waals surface area contributed by atoms with Gasteiger partial charge in [0.15, 0.2) is 0 Å². The number of hydrogen-bond acceptors (Lipinski definition) is 2. The maximum atomic E-state index is 6.18. The van der Waals surface area contributed by atoms with Crippen LogP contribution in [0.25, 0.3) is 10.8 Å². The van der Waals surface area contributed by atoms with Crippen molar-refractivity contribution in [3.05, 3.63) is 48.0 Å². The van der Waals surface area contributed by atoms with Gasteiger partial charge in [-0.1, -0.05) is 36.4 Å². The molecular weight excluding hydrogens is 208 g/mol. The van der Waals surface area contributed by atoms with Crippen LogP contribution in [0.3, 0.4) is 0 Å². The van der Waals surface area contributed by atoms with Crippen molar-refractivity contribution in [2.75, 3.05) is 0 Å². The Balaban J connectivity index is 2.18. The van der Waals surface area contributed by atoms with Crippen LogP contribution in [0.4, 0.5) is 0 Å². The molecule has 2 nitrogen and oxygen atoms in total. The van der Waals surface area contributed by atoms with Gasteiger partial charge in [-0.05, 0) is 42.2 Å². The predicted molar refractivity (Wildman–Crippen MR) is 73.8 cm³/mol. The number of rotatable bonds is 4. The van der Waals surface area contributed by atoms with E-state index in [1.54, 1.807) is 0 Å². The molecular formula is C15H20N2. The largest absolute Gasteiger partial charge is 0.328 e. The Morgan fingerprint density at radius 2 is 1.65 bits per heavy atom. The topological polar surface area (TPSA) is 52.0 Å². The lowest BCUT2D eigenvalue weighted by atomic mass is 9.98. The molecule has 0 bridgehead atoms. The van der Waals surface area contributed by atoms with E-state index in [2.05, 4.69) is 42.5 Å². The Morgan fingerprint density at radius 3 is 2.35 bits per heavy atom. The van der Waals surface area contributed by atoms with Crippen LogP contribution in [0, 0.1) is 0 Å². The molecule has 2 aromatic rings. The Hall–Kier alpha value is -1.38. The van der Waals surface area contributed by atoms with Gasteiger partial charge in [-0.25, -0.2) is 0 Å². The first-order valence-electron chi connectivity index (χ1n) is 6.16. The van der Waals surface area contributed by atoms with Crippen LogP contribution in [0.15, 0.2) is 42.5 Å². The molecule has 4 N–H and O–H groups in total. The van der Waals surface area contributed by atoms with Crippen LogP contribution in [0.5, 0.6) is 0 Å². The summed E-state index contributed by atoms with van der Waals surface area (Å²) in [6.45, 7) is 2.02. The average Bonchev–Trinajstić information content (AvgIpc) is 2.35. The van der Waals surface area contributed by atoms with E-state index in [4.69, 9.17) is 11.5 Å². The molecule has 0 heterocycles. The molecule has 0 aliphatic carbocycles. The van der Waals surface area contributed by atoms with Crippen LogP contribution in [-0.4, -0.2) is 6.04 Å². The van der Waals surface area contributed by atoms with Gasteiger partial charge in [0.25, 0.3) is 0 Å². The summed E-state index contributed by atoms with van der Waals surface area (Å²) in [5, 5.41) is 2.51. The Morgan fingerprint density at radius 1 is 0.941 bits per heavy atom. The molecule has 0 fully saturated rings. The first-order valence-corrected chi connectivity index (χ1v) is 6.16. The third-order valence-electron chi connectivity index (χ3n) is 3.13. The third kappa shape index (κ3) is 3.05. The Bertz CT molecular complexity index is 491. The standard InChI is InChI=1S/C15H20N2/c1-11(16)6-9-15(17)14-8-7-12-4-2-3-5-13(12)10-14/h2-5,7-8,10-11,15H,6,9,16-17H2,1H3.